The summed E-state index contributed by atoms with van der Waals surface area (Å²) < 4.78 is 1.74. The summed E-state index contributed by atoms with van der Waals surface area (Å²) in [5.41, 5.74) is 3.13. The Morgan fingerprint density at radius 3 is 2.57 bits per heavy atom. The van der Waals surface area contributed by atoms with Gasteiger partial charge in [0.15, 0.2) is 5.82 Å². The van der Waals surface area contributed by atoms with E-state index in [1.807, 2.05) is 42.7 Å². The van der Waals surface area contributed by atoms with E-state index in [0.717, 1.165) is 35.7 Å². The summed E-state index contributed by atoms with van der Waals surface area (Å²) in [7, 11) is 0. The summed E-state index contributed by atoms with van der Waals surface area (Å²) in [5, 5.41) is 16.0. The summed E-state index contributed by atoms with van der Waals surface area (Å²) >= 11 is 0. The molecule has 5 nitrogen and oxygen atoms in total. The molecule has 0 aliphatic carbocycles. The van der Waals surface area contributed by atoms with Gasteiger partial charge in [0.2, 0.25) is 0 Å². The molecule has 1 aromatic carbocycles. The van der Waals surface area contributed by atoms with Gasteiger partial charge in [0.25, 0.3) is 0 Å². The number of hydrogen-bond acceptors (Lipinski definition) is 4. The fourth-order valence-electron chi connectivity index (χ4n) is 2.05. The van der Waals surface area contributed by atoms with Gasteiger partial charge >= 0.3 is 0 Å². The number of benzene rings is 1. The molecular formula is C16H17N5. The van der Waals surface area contributed by atoms with Crippen LogP contribution in [0.1, 0.15) is 12.6 Å². The quantitative estimate of drug-likeness (QED) is 0.779. The molecule has 2 heterocycles. The van der Waals surface area contributed by atoms with Crippen molar-refractivity contribution in [3.63, 3.8) is 0 Å². The van der Waals surface area contributed by atoms with E-state index in [0.29, 0.717) is 0 Å². The molecule has 106 valence electrons. The van der Waals surface area contributed by atoms with Gasteiger partial charge in [0.05, 0.1) is 11.9 Å². The highest BCUT2D eigenvalue weighted by Gasteiger charge is 2.04. The molecule has 1 N–H and O–H groups in total. The summed E-state index contributed by atoms with van der Waals surface area (Å²) in [6.07, 6.45) is 3.80. The Bertz CT molecular complexity index is 688. The summed E-state index contributed by atoms with van der Waals surface area (Å²) in [6.45, 7) is 3.72. The van der Waals surface area contributed by atoms with Gasteiger partial charge in [-0.3, -0.25) is 0 Å². The third-order valence-electron chi connectivity index (χ3n) is 3.19. The minimum absolute atomic E-state index is 0.720. The van der Waals surface area contributed by atoms with Gasteiger partial charge in [0.1, 0.15) is 0 Å². The molecule has 0 atom stereocenters. The third kappa shape index (κ3) is 3.14. The van der Waals surface area contributed by atoms with Crippen LogP contribution >= 0.6 is 0 Å². The minimum Gasteiger partial charge on any atom is -0.311 e. The largest absolute Gasteiger partial charge is 0.311 e. The van der Waals surface area contributed by atoms with Gasteiger partial charge in [-0.2, -0.15) is 10.2 Å². The van der Waals surface area contributed by atoms with E-state index < -0.39 is 0 Å². The maximum absolute atomic E-state index is 4.35. The van der Waals surface area contributed by atoms with Crippen LogP contribution < -0.4 is 5.32 Å². The van der Waals surface area contributed by atoms with Crippen molar-refractivity contribution in [2.75, 3.05) is 6.54 Å². The maximum atomic E-state index is 4.35. The molecule has 2 aromatic heterocycles. The molecular weight excluding hydrogens is 262 g/mol. The average molecular weight is 279 g/mol. The first-order valence-corrected chi connectivity index (χ1v) is 7.00. The molecule has 0 aliphatic rings. The topological polar surface area (TPSA) is 55.6 Å². The summed E-state index contributed by atoms with van der Waals surface area (Å²) in [6, 6.07) is 14.1. The van der Waals surface area contributed by atoms with E-state index in [9.17, 15) is 0 Å². The molecule has 21 heavy (non-hydrogen) atoms. The van der Waals surface area contributed by atoms with Gasteiger partial charge in [-0.25, -0.2) is 4.68 Å². The van der Waals surface area contributed by atoms with Crippen LogP contribution in [-0.4, -0.2) is 26.5 Å². The van der Waals surface area contributed by atoms with E-state index in [1.54, 1.807) is 4.68 Å². The lowest BCUT2D eigenvalue weighted by Crippen LogP contribution is -2.13. The van der Waals surface area contributed by atoms with E-state index in [1.165, 1.54) is 0 Å². The van der Waals surface area contributed by atoms with Crippen LogP contribution in [0.2, 0.25) is 0 Å². The Morgan fingerprint density at radius 1 is 1.00 bits per heavy atom. The lowest BCUT2D eigenvalue weighted by Gasteiger charge is -2.02. The molecule has 0 radical (unpaired) electrons. The molecule has 0 fully saturated rings. The van der Waals surface area contributed by atoms with E-state index in [-0.39, 0.29) is 0 Å². The highest BCUT2D eigenvalue weighted by molar-refractivity contribution is 5.61. The van der Waals surface area contributed by atoms with Crippen LogP contribution in [0.15, 0.2) is 54.9 Å². The van der Waals surface area contributed by atoms with Crippen molar-refractivity contribution < 1.29 is 0 Å². The normalized spacial score (nSPS) is 10.7. The Hall–Kier alpha value is -2.53. The molecule has 5 heteroatoms. The SMILES string of the molecule is CCNCc1ccc(-n2cc(-c3ccccc3)cn2)nn1. The van der Waals surface area contributed by atoms with Crippen LogP contribution in [0.3, 0.4) is 0 Å². The van der Waals surface area contributed by atoms with Crippen LogP contribution in [0.25, 0.3) is 16.9 Å². The Kier molecular flexibility index (Phi) is 4.02. The van der Waals surface area contributed by atoms with Gasteiger partial charge in [-0.05, 0) is 24.2 Å². The molecule has 0 bridgehead atoms. The van der Waals surface area contributed by atoms with Gasteiger partial charge in [-0.1, -0.05) is 37.3 Å². The van der Waals surface area contributed by atoms with Crippen molar-refractivity contribution in [1.82, 2.24) is 25.3 Å². The van der Waals surface area contributed by atoms with E-state index >= 15 is 0 Å². The molecule has 0 saturated heterocycles. The molecule has 3 rings (SSSR count). The highest BCUT2D eigenvalue weighted by Crippen LogP contribution is 2.18. The van der Waals surface area contributed by atoms with Crippen molar-refractivity contribution in [1.29, 1.82) is 0 Å². The Labute approximate surface area is 123 Å². The monoisotopic (exact) mass is 279 g/mol. The van der Waals surface area contributed by atoms with E-state index in [4.69, 9.17) is 0 Å². The molecule has 0 spiro atoms. The van der Waals surface area contributed by atoms with Gasteiger partial charge in [0, 0.05) is 18.3 Å². The predicted molar refractivity (Wildman–Crippen MR) is 82.0 cm³/mol. The minimum atomic E-state index is 0.720. The lowest BCUT2D eigenvalue weighted by molar-refractivity contribution is 0.692. The zero-order chi connectivity index (χ0) is 14.5. The fraction of sp³-hybridized carbons (Fsp3) is 0.188. The Morgan fingerprint density at radius 2 is 1.86 bits per heavy atom. The number of aromatic nitrogens is 4. The lowest BCUT2D eigenvalue weighted by atomic mass is 10.1. The van der Waals surface area contributed by atoms with Crippen LogP contribution in [-0.2, 0) is 6.54 Å². The summed E-state index contributed by atoms with van der Waals surface area (Å²) in [4.78, 5) is 0. The number of hydrogen-bond donors (Lipinski definition) is 1. The standard InChI is InChI=1S/C16H17N5/c1-2-17-11-15-8-9-16(20-19-15)21-12-14(10-18-21)13-6-4-3-5-7-13/h3-10,12,17H,2,11H2,1H3. The van der Waals surface area contributed by atoms with Gasteiger partial charge in [-0.15, -0.1) is 5.10 Å². The first-order valence-electron chi connectivity index (χ1n) is 7.00. The van der Waals surface area contributed by atoms with Crippen molar-refractivity contribution in [3.8, 4) is 16.9 Å². The predicted octanol–water partition coefficient (Wildman–Crippen LogP) is 2.44. The zero-order valence-electron chi connectivity index (χ0n) is 11.9. The molecule has 0 saturated carbocycles. The Balaban J connectivity index is 1.80. The van der Waals surface area contributed by atoms with Crippen molar-refractivity contribution in [3.05, 3.63) is 60.6 Å². The zero-order valence-corrected chi connectivity index (χ0v) is 11.9. The van der Waals surface area contributed by atoms with Crippen LogP contribution in [0.5, 0.6) is 0 Å². The first kappa shape index (κ1) is 13.5. The smallest absolute Gasteiger partial charge is 0.175 e. The molecule has 3 aromatic rings. The molecule has 0 unspecified atom stereocenters. The van der Waals surface area contributed by atoms with Crippen molar-refractivity contribution >= 4 is 0 Å². The maximum Gasteiger partial charge on any atom is 0.175 e. The second-order valence-corrected chi connectivity index (χ2v) is 4.70. The first-order chi connectivity index (χ1) is 10.4. The second-order valence-electron chi connectivity index (χ2n) is 4.70. The highest BCUT2D eigenvalue weighted by atomic mass is 15.3. The number of nitrogens with one attached hydrogen (secondary N) is 1. The van der Waals surface area contributed by atoms with E-state index in [2.05, 4.69) is 39.7 Å². The number of nitrogens with zero attached hydrogens (tertiary/aromatic N) is 4. The van der Waals surface area contributed by atoms with Crippen LogP contribution in [0.4, 0.5) is 0 Å². The average Bonchev–Trinajstić information content (AvgIpc) is 3.04. The molecule has 0 aliphatic heterocycles. The van der Waals surface area contributed by atoms with Crippen LogP contribution in [0, 0.1) is 0 Å². The van der Waals surface area contributed by atoms with Gasteiger partial charge < -0.3 is 5.32 Å². The number of rotatable bonds is 5. The third-order valence-corrected chi connectivity index (χ3v) is 3.19. The fourth-order valence-corrected chi connectivity index (χ4v) is 2.05. The summed E-state index contributed by atoms with van der Waals surface area (Å²) in [5.74, 6) is 0.720. The molecule has 0 amide bonds. The van der Waals surface area contributed by atoms with Crippen molar-refractivity contribution in [2.45, 2.75) is 13.5 Å². The second kappa shape index (κ2) is 6.28. The van der Waals surface area contributed by atoms with Crippen molar-refractivity contribution in [2.24, 2.45) is 0 Å².